The molecule has 0 aliphatic rings. The molecule has 1 aromatic heterocycles. The largest absolute Gasteiger partial charge is 0.493 e. The first-order valence-electron chi connectivity index (χ1n) is 2.56. The summed E-state index contributed by atoms with van der Waals surface area (Å²) >= 11 is 0. The van der Waals surface area contributed by atoms with Crippen molar-refractivity contribution >= 4 is 5.91 Å². The summed E-state index contributed by atoms with van der Waals surface area (Å²) in [5.41, 5.74) is 4.84. The third kappa shape index (κ3) is 1.05. The number of aromatic hydroxyl groups is 1. The van der Waals surface area contributed by atoms with Crippen LogP contribution in [-0.2, 0) is 0 Å². The van der Waals surface area contributed by atoms with Crippen LogP contribution >= 0.6 is 0 Å². The fourth-order valence-corrected chi connectivity index (χ4v) is 0.534. The third-order valence-corrected chi connectivity index (χ3v) is 0.995. The Balaban J connectivity index is 3.15. The van der Waals surface area contributed by atoms with E-state index in [9.17, 15) is 4.79 Å². The van der Waals surface area contributed by atoms with Crippen LogP contribution in [0.5, 0.6) is 5.88 Å². The molecular weight excluding hydrogens is 132 g/mol. The van der Waals surface area contributed by atoms with Gasteiger partial charge in [0.25, 0.3) is 5.91 Å². The predicted molar refractivity (Wildman–Crippen MR) is 33.3 cm³/mol. The molecule has 1 rings (SSSR count). The van der Waals surface area contributed by atoms with Gasteiger partial charge in [0, 0.05) is 12.3 Å². The van der Waals surface area contributed by atoms with Gasteiger partial charge in [-0.05, 0) is 6.07 Å². The standard InChI is InChI=1S/C6H5N2O2/c7-5(9)4-2-1-3-8-6(4)10/h2-3H,(H2,7,9)(H,8,10). The van der Waals surface area contributed by atoms with Gasteiger partial charge in [-0.25, -0.2) is 4.98 Å². The molecule has 4 heteroatoms. The van der Waals surface area contributed by atoms with E-state index in [1.807, 2.05) is 0 Å². The molecule has 0 saturated carbocycles. The van der Waals surface area contributed by atoms with E-state index in [4.69, 9.17) is 10.8 Å². The normalized spacial score (nSPS) is 9.20. The van der Waals surface area contributed by atoms with E-state index in [0.29, 0.717) is 0 Å². The highest BCUT2D eigenvalue weighted by Crippen LogP contribution is 2.09. The number of carbonyl (C=O) groups is 1. The number of rotatable bonds is 1. The zero-order valence-corrected chi connectivity index (χ0v) is 5.03. The average molecular weight is 137 g/mol. The molecule has 1 radical (unpaired) electrons. The van der Waals surface area contributed by atoms with Crippen LogP contribution < -0.4 is 5.73 Å². The Kier molecular flexibility index (Phi) is 1.53. The summed E-state index contributed by atoms with van der Waals surface area (Å²) in [6.45, 7) is 0. The van der Waals surface area contributed by atoms with Crippen molar-refractivity contribution in [3.8, 4) is 5.88 Å². The number of hydrogen-bond acceptors (Lipinski definition) is 3. The second-order valence-electron chi connectivity index (χ2n) is 1.67. The van der Waals surface area contributed by atoms with Crippen LogP contribution in [-0.4, -0.2) is 16.0 Å². The topological polar surface area (TPSA) is 76.2 Å². The maximum Gasteiger partial charge on any atom is 0.254 e. The monoisotopic (exact) mass is 137 g/mol. The van der Waals surface area contributed by atoms with Crippen LogP contribution in [0.1, 0.15) is 10.4 Å². The molecule has 3 N–H and O–H groups in total. The van der Waals surface area contributed by atoms with Crippen molar-refractivity contribution in [3.05, 3.63) is 23.9 Å². The molecule has 1 amide bonds. The molecule has 51 valence electrons. The Morgan fingerprint density at radius 2 is 2.50 bits per heavy atom. The Bertz CT molecular complexity index is 260. The van der Waals surface area contributed by atoms with E-state index in [1.165, 1.54) is 12.3 Å². The average Bonchev–Trinajstić information content (AvgIpc) is 1.88. The van der Waals surface area contributed by atoms with Gasteiger partial charge in [0.15, 0.2) is 0 Å². The molecule has 0 aliphatic heterocycles. The minimum Gasteiger partial charge on any atom is -0.493 e. The Morgan fingerprint density at radius 1 is 1.80 bits per heavy atom. The highest BCUT2D eigenvalue weighted by Gasteiger charge is 2.05. The van der Waals surface area contributed by atoms with Gasteiger partial charge in [-0.2, -0.15) is 0 Å². The molecule has 0 atom stereocenters. The summed E-state index contributed by atoms with van der Waals surface area (Å²) in [6.07, 6.45) is 1.25. The fraction of sp³-hybridized carbons (Fsp3) is 0. The van der Waals surface area contributed by atoms with Crippen LogP contribution in [0.15, 0.2) is 12.3 Å². The van der Waals surface area contributed by atoms with Gasteiger partial charge in [0.1, 0.15) is 5.56 Å². The van der Waals surface area contributed by atoms with Gasteiger partial charge in [-0.15, -0.1) is 0 Å². The number of aromatic nitrogens is 1. The SMILES string of the molecule is NC(=O)c1c[c]cnc1O. The zero-order valence-electron chi connectivity index (χ0n) is 5.03. The molecule has 10 heavy (non-hydrogen) atoms. The summed E-state index contributed by atoms with van der Waals surface area (Å²) in [7, 11) is 0. The predicted octanol–water partition coefficient (Wildman–Crippen LogP) is -0.314. The van der Waals surface area contributed by atoms with E-state index in [-0.39, 0.29) is 11.4 Å². The van der Waals surface area contributed by atoms with Gasteiger partial charge < -0.3 is 10.8 Å². The van der Waals surface area contributed by atoms with Gasteiger partial charge in [0.2, 0.25) is 5.88 Å². The van der Waals surface area contributed by atoms with Crippen LogP contribution in [0, 0.1) is 6.07 Å². The molecule has 1 heterocycles. The van der Waals surface area contributed by atoms with Gasteiger partial charge in [0.05, 0.1) is 0 Å². The number of pyridine rings is 1. The minimum atomic E-state index is -0.707. The number of hydrogen-bond donors (Lipinski definition) is 2. The van der Waals surface area contributed by atoms with E-state index in [2.05, 4.69) is 11.1 Å². The highest BCUT2D eigenvalue weighted by molar-refractivity contribution is 5.94. The molecule has 0 bridgehead atoms. The Labute approximate surface area is 57.3 Å². The zero-order chi connectivity index (χ0) is 7.56. The number of amides is 1. The van der Waals surface area contributed by atoms with Gasteiger partial charge in [-0.1, -0.05) is 0 Å². The van der Waals surface area contributed by atoms with Crippen molar-refractivity contribution in [2.24, 2.45) is 5.73 Å². The van der Waals surface area contributed by atoms with Gasteiger partial charge >= 0.3 is 0 Å². The smallest absolute Gasteiger partial charge is 0.254 e. The minimum absolute atomic E-state index is 0.0116. The fourth-order valence-electron chi connectivity index (χ4n) is 0.534. The quantitative estimate of drug-likeness (QED) is 0.557. The highest BCUT2D eigenvalue weighted by atomic mass is 16.3. The van der Waals surface area contributed by atoms with E-state index in [1.54, 1.807) is 0 Å². The number of carbonyl (C=O) groups excluding carboxylic acids is 1. The maximum absolute atomic E-state index is 10.4. The first kappa shape index (κ1) is 6.54. The lowest BCUT2D eigenvalue weighted by Crippen LogP contribution is -2.11. The number of primary amides is 1. The molecule has 0 spiro atoms. The second-order valence-corrected chi connectivity index (χ2v) is 1.67. The van der Waals surface area contributed by atoms with Gasteiger partial charge in [-0.3, -0.25) is 4.79 Å². The number of nitrogens with two attached hydrogens (primary N) is 1. The molecule has 0 saturated heterocycles. The van der Waals surface area contributed by atoms with E-state index < -0.39 is 5.91 Å². The molecule has 0 fully saturated rings. The summed E-state index contributed by atoms with van der Waals surface area (Å²) in [4.78, 5) is 13.8. The molecule has 4 nitrogen and oxygen atoms in total. The van der Waals surface area contributed by atoms with Crippen molar-refractivity contribution in [2.45, 2.75) is 0 Å². The van der Waals surface area contributed by atoms with Crippen LogP contribution in [0.4, 0.5) is 0 Å². The summed E-state index contributed by atoms with van der Waals surface area (Å²) in [5.74, 6) is -1.06. The Hall–Kier alpha value is -1.58. The van der Waals surface area contributed by atoms with Crippen molar-refractivity contribution < 1.29 is 9.90 Å². The Morgan fingerprint density at radius 3 is 2.90 bits per heavy atom. The molecule has 1 aromatic rings. The summed E-state index contributed by atoms with van der Waals surface area (Å²) < 4.78 is 0. The lowest BCUT2D eigenvalue weighted by molar-refractivity contribution is 0.0997. The molecule has 0 unspecified atom stereocenters. The lowest BCUT2D eigenvalue weighted by atomic mass is 10.2. The summed E-state index contributed by atoms with van der Waals surface area (Å²) in [5, 5.41) is 8.85. The molecule has 0 aromatic carbocycles. The third-order valence-electron chi connectivity index (χ3n) is 0.995. The van der Waals surface area contributed by atoms with Crippen LogP contribution in [0.25, 0.3) is 0 Å². The number of nitrogens with zero attached hydrogens (tertiary/aromatic N) is 1. The van der Waals surface area contributed by atoms with Crippen molar-refractivity contribution in [2.75, 3.05) is 0 Å². The van der Waals surface area contributed by atoms with Crippen LogP contribution in [0.2, 0.25) is 0 Å². The molecule has 0 aliphatic carbocycles. The van der Waals surface area contributed by atoms with Crippen molar-refractivity contribution in [3.63, 3.8) is 0 Å². The summed E-state index contributed by atoms with van der Waals surface area (Å²) in [6, 6.07) is 3.79. The van der Waals surface area contributed by atoms with E-state index in [0.717, 1.165) is 0 Å². The van der Waals surface area contributed by atoms with E-state index >= 15 is 0 Å². The first-order valence-corrected chi connectivity index (χ1v) is 2.56. The maximum atomic E-state index is 10.4. The second kappa shape index (κ2) is 2.34. The van der Waals surface area contributed by atoms with Crippen molar-refractivity contribution in [1.29, 1.82) is 0 Å². The lowest BCUT2D eigenvalue weighted by Gasteiger charge is -1.94. The molecular formula is C6H5N2O2. The van der Waals surface area contributed by atoms with Crippen molar-refractivity contribution in [1.82, 2.24) is 4.98 Å². The first-order chi connectivity index (χ1) is 4.72. The van der Waals surface area contributed by atoms with Crippen LogP contribution in [0.3, 0.4) is 0 Å².